The highest BCUT2D eigenvalue weighted by atomic mass is 35.5. The van der Waals surface area contributed by atoms with Gasteiger partial charge in [0.2, 0.25) is 5.95 Å². The highest BCUT2D eigenvalue weighted by molar-refractivity contribution is 6.32. The van der Waals surface area contributed by atoms with Crippen LogP contribution in [0.15, 0.2) is 24.4 Å². The number of H-pyrrole nitrogens is 1. The molecule has 3 N–H and O–H groups in total. The van der Waals surface area contributed by atoms with Crippen molar-refractivity contribution in [3.8, 4) is 0 Å². The van der Waals surface area contributed by atoms with Gasteiger partial charge in [-0.3, -0.25) is 5.10 Å². The van der Waals surface area contributed by atoms with Gasteiger partial charge >= 0.3 is 0 Å². The Morgan fingerprint density at radius 2 is 1.71 bits per heavy atom. The maximum Gasteiger partial charge on any atom is 0.229 e. The molecule has 0 spiro atoms. The van der Waals surface area contributed by atoms with Crippen molar-refractivity contribution >= 4 is 34.9 Å². The number of aromatic amines is 1. The summed E-state index contributed by atoms with van der Waals surface area (Å²) in [6, 6.07) is 7.30. The van der Waals surface area contributed by atoms with Crippen LogP contribution in [0.4, 0.5) is 23.3 Å². The quantitative estimate of drug-likeness (QED) is 0.351. The summed E-state index contributed by atoms with van der Waals surface area (Å²) in [4.78, 5) is 11.7. The van der Waals surface area contributed by atoms with Crippen LogP contribution < -0.4 is 10.6 Å². The van der Waals surface area contributed by atoms with Crippen molar-refractivity contribution in [1.29, 1.82) is 0 Å². The van der Waals surface area contributed by atoms with E-state index in [1.807, 2.05) is 13.0 Å². The molecule has 1 saturated heterocycles. The van der Waals surface area contributed by atoms with E-state index in [1.54, 1.807) is 6.20 Å². The highest BCUT2D eigenvalue weighted by Crippen LogP contribution is 2.38. The summed E-state index contributed by atoms with van der Waals surface area (Å²) in [6.45, 7) is 8.94. The molecule has 2 aliphatic rings. The largest absolute Gasteiger partial charge is 0.324 e. The molecule has 1 saturated carbocycles. The molecule has 1 aliphatic carbocycles. The molecule has 1 aliphatic heterocycles. The van der Waals surface area contributed by atoms with E-state index in [2.05, 4.69) is 61.7 Å². The van der Waals surface area contributed by atoms with Crippen LogP contribution in [0.2, 0.25) is 5.02 Å². The van der Waals surface area contributed by atoms with E-state index in [0.29, 0.717) is 28.5 Å². The van der Waals surface area contributed by atoms with Crippen LogP contribution in [0.3, 0.4) is 0 Å². The van der Waals surface area contributed by atoms with E-state index < -0.39 is 0 Å². The lowest BCUT2D eigenvalue weighted by molar-refractivity contribution is 0.125. The summed E-state index contributed by atoms with van der Waals surface area (Å²) in [5.74, 6) is 2.35. The van der Waals surface area contributed by atoms with Gasteiger partial charge in [0, 0.05) is 23.5 Å². The highest BCUT2D eigenvalue weighted by Gasteiger charge is 2.28. The topological polar surface area (TPSA) is 81.8 Å². The number of aromatic nitrogens is 4. The fourth-order valence-corrected chi connectivity index (χ4v) is 5.83. The Morgan fingerprint density at radius 3 is 2.43 bits per heavy atom. The van der Waals surface area contributed by atoms with Gasteiger partial charge in [-0.15, -0.1) is 0 Å². The molecular formula is C27H36ClN7. The van der Waals surface area contributed by atoms with E-state index >= 15 is 0 Å². The Morgan fingerprint density at radius 1 is 0.943 bits per heavy atom. The number of nitrogens with one attached hydrogen (secondary N) is 3. The lowest BCUT2D eigenvalue weighted by atomic mass is 9.79. The van der Waals surface area contributed by atoms with E-state index in [9.17, 15) is 0 Å². The fourth-order valence-electron chi connectivity index (χ4n) is 5.69. The van der Waals surface area contributed by atoms with E-state index in [4.69, 9.17) is 11.6 Å². The first-order valence-electron chi connectivity index (χ1n) is 12.9. The Hall–Kier alpha value is -2.64. The number of benzene rings is 1. The molecule has 0 bridgehead atoms. The minimum Gasteiger partial charge on any atom is -0.324 e. The SMILES string of the molecule is Cc1cc(Nc2nc(Nc3cc(C)c([C@H]4CC[C@@H](N5CCCCC5)CC4)cc3C)ncc2Cl)n[nH]1. The molecule has 7 nitrogen and oxygen atoms in total. The van der Waals surface area contributed by atoms with Crippen LogP contribution in [0.1, 0.15) is 73.2 Å². The van der Waals surface area contributed by atoms with Crippen molar-refractivity contribution in [3.05, 3.63) is 51.8 Å². The van der Waals surface area contributed by atoms with Crippen LogP contribution in [-0.4, -0.2) is 44.2 Å². The van der Waals surface area contributed by atoms with Gasteiger partial charge in [-0.2, -0.15) is 10.1 Å². The van der Waals surface area contributed by atoms with E-state index in [1.165, 1.54) is 74.7 Å². The molecule has 0 amide bonds. The maximum atomic E-state index is 6.32. The molecule has 0 unspecified atom stereocenters. The third-order valence-corrected chi connectivity index (χ3v) is 7.88. The number of aryl methyl sites for hydroxylation is 3. The molecule has 3 heterocycles. The second kappa shape index (κ2) is 10.5. The minimum absolute atomic E-state index is 0.444. The average Bonchev–Trinajstić information content (AvgIpc) is 3.28. The average molecular weight is 494 g/mol. The number of nitrogens with zero attached hydrogens (tertiary/aromatic N) is 4. The summed E-state index contributed by atoms with van der Waals surface area (Å²) in [7, 11) is 0. The molecule has 2 aromatic heterocycles. The van der Waals surface area contributed by atoms with E-state index in [0.717, 1.165) is 17.4 Å². The van der Waals surface area contributed by atoms with Crippen molar-refractivity contribution in [2.45, 2.75) is 77.7 Å². The number of rotatable bonds is 6. The second-order valence-electron chi connectivity index (χ2n) is 10.2. The Labute approximate surface area is 213 Å². The zero-order chi connectivity index (χ0) is 24.4. The normalized spacial score (nSPS) is 21.1. The lowest BCUT2D eigenvalue weighted by Gasteiger charge is -2.39. The lowest BCUT2D eigenvalue weighted by Crippen LogP contribution is -2.41. The van der Waals surface area contributed by atoms with E-state index in [-0.39, 0.29) is 0 Å². The van der Waals surface area contributed by atoms with Gasteiger partial charge in [-0.05, 0) is 101 Å². The summed E-state index contributed by atoms with van der Waals surface area (Å²) >= 11 is 6.32. The van der Waals surface area contributed by atoms with Gasteiger partial charge in [0.25, 0.3) is 0 Å². The molecule has 8 heteroatoms. The second-order valence-corrected chi connectivity index (χ2v) is 10.6. The number of likely N-dealkylation sites (tertiary alicyclic amines) is 1. The van der Waals surface area contributed by atoms with Crippen molar-refractivity contribution in [2.75, 3.05) is 23.7 Å². The monoisotopic (exact) mass is 493 g/mol. The smallest absolute Gasteiger partial charge is 0.229 e. The predicted molar refractivity (Wildman–Crippen MR) is 143 cm³/mol. The first-order valence-corrected chi connectivity index (χ1v) is 13.3. The standard InChI is InChI=1S/C27H36ClN7/c1-17-14-24(30-27-29-16-23(28)26(32-27)31-25-15-19(3)33-34-25)18(2)13-22(17)20-7-9-21(10-8-20)35-11-5-4-6-12-35/h13-16,20-21H,4-12H2,1-3H3,(H3,29,30,31,32,33,34)/t20-,21+. The van der Waals surface area contributed by atoms with Gasteiger partial charge in [0.15, 0.2) is 11.6 Å². The van der Waals surface area contributed by atoms with Crippen LogP contribution in [-0.2, 0) is 0 Å². The van der Waals surface area contributed by atoms with Crippen molar-refractivity contribution in [2.24, 2.45) is 0 Å². The molecule has 3 aromatic rings. The Bertz CT molecular complexity index is 1160. The number of hydrogen-bond donors (Lipinski definition) is 3. The van der Waals surface area contributed by atoms with Crippen molar-refractivity contribution in [1.82, 2.24) is 25.1 Å². The number of anilines is 4. The summed E-state index contributed by atoms with van der Waals surface area (Å²) in [5, 5.41) is 14.1. The molecular weight excluding hydrogens is 458 g/mol. The van der Waals surface area contributed by atoms with Gasteiger partial charge < -0.3 is 15.5 Å². The van der Waals surface area contributed by atoms with Gasteiger partial charge in [-0.25, -0.2) is 4.98 Å². The molecule has 35 heavy (non-hydrogen) atoms. The number of halogens is 1. The summed E-state index contributed by atoms with van der Waals surface area (Å²) < 4.78 is 0. The fraction of sp³-hybridized carbons (Fsp3) is 0.519. The molecule has 5 rings (SSSR count). The van der Waals surface area contributed by atoms with Crippen molar-refractivity contribution < 1.29 is 0 Å². The molecule has 0 atom stereocenters. The predicted octanol–water partition coefficient (Wildman–Crippen LogP) is 6.78. The maximum absolute atomic E-state index is 6.32. The van der Waals surface area contributed by atoms with Crippen LogP contribution >= 0.6 is 11.6 Å². The van der Waals surface area contributed by atoms with Gasteiger partial charge in [0.1, 0.15) is 5.02 Å². The third-order valence-electron chi connectivity index (χ3n) is 7.60. The minimum atomic E-state index is 0.444. The number of piperidine rings is 1. The van der Waals surface area contributed by atoms with Crippen LogP contribution in [0, 0.1) is 20.8 Å². The number of hydrogen-bond acceptors (Lipinski definition) is 6. The van der Waals surface area contributed by atoms with Gasteiger partial charge in [0.05, 0.1) is 6.20 Å². The third kappa shape index (κ3) is 5.62. The van der Waals surface area contributed by atoms with Crippen LogP contribution in [0.25, 0.3) is 0 Å². The van der Waals surface area contributed by atoms with Crippen LogP contribution in [0.5, 0.6) is 0 Å². The Balaban J connectivity index is 1.26. The van der Waals surface area contributed by atoms with Gasteiger partial charge in [-0.1, -0.05) is 24.1 Å². The zero-order valence-corrected chi connectivity index (χ0v) is 21.8. The molecule has 0 radical (unpaired) electrons. The van der Waals surface area contributed by atoms with Crippen molar-refractivity contribution in [3.63, 3.8) is 0 Å². The molecule has 2 fully saturated rings. The summed E-state index contributed by atoms with van der Waals surface area (Å²) in [5.41, 5.74) is 6.02. The molecule has 1 aromatic carbocycles. The summed E-state index contributed by atoms with van der Waals surface area (Å²) in [6.07, 6.45) is 11.0. The first-order chi connectivity index (χ1) is 17.0. The Kier molecular flexibility index (Phi) is 7.25. The zero-order valence-electron chi connectivity index (χ0n) is 21.0. The first kappa shape index (κ1) is 24.1. The molecule has 186 valence electrons.